The van der Waals surface area contributed by atoms with Gasteiger partial charge in [-0.15, -0.1) is 23.7 Å². The van der Waals surface area contributed by atoms with E-state index in [1.54, 1.807) is 30.7 Å². The van der Waals surface area contributed by atoms with Gasteiger partial charge in [-0.3, -0.25) is 4.79 Å². The van der Waals surface area contributed by atoms with Gasteiger partial charge in [-0.25, -0.2) is 4.98 Å². The zero-order chi connectivity index (χ0) is 15.2. The second-order valence-electron chi connectivity index (χ2n) is 4.08. The van der Waals surface area contributed by atoms with Crippen LogP contribution in [0.3, 0.4) is 0 Å². The van der Waals surface area contributed by atoms with Crippen LogP contribution in [0.5, 0.6) is 11.5 Å². The molecule has 0 fully saturated rings. The fraction of sp³-hybridized carbons (Fsp3) is 0.286. The lowest BCUT2D eigenvalue weighted by Crippen LogP contribution is -2.13. The van der Waals surface area contributed by atoms with Gasteiger partial charge in [0, 0.05) is 23.7 Å². The standard InChI is InChI=1S/C14H17N3O3S.ClH/c1-3-20-12-6-9(4-5-11(12)19-2)16-14(18)10-8-21-13(7-15)17-10;/h4-6,8H,3,7,15H2,1-2H3,(H,16,18);1H. The van der Waals surface area contributed by atoms with Gasteiger partial charge >= 0.3 is 0 Å². The van der Waals surface area contributed by atoms with Gasteiger partial charge < -0.3 is 20.5 Å². The number of hydrogen-bond donors (Lipinski definition) is 2. The molecule has 3 N–H and O–H groups in total. The van der Waals surface area contributed by atoms with E-state index in [1.165, 1.54) is 11.3 Å². The maximum atomic E-state index is 12.1. The lowest BCUT2D eigenvalue weighted by atomic mass is 10.2. The highest BCUT2D eigenvalue weighted by Crippen LogP contribution is 2.30. The molecule has 6 nitrogen and oxygen atoms in total. The molecule has 1 aromatic heterocycles. The van der Waals surface area contributed by atoms with E-state index in [0.29, 0.717) is 36.0 Å². The van der Waals surface area contributed by atoms with Gasteiger partial charge in [-0.1, -0.05) is 0 Å². The molecule has 0 saturated heterocycles. The second kappa shape index (κ2) is 8.57. The fourth-order valence-corrected chi connectivity index (χ4v) is 2.38. The summed E-state index contributed by atoms with van der Waals surface area (Å²) >= 11 is 1.36. The molecule has 8 heteroatoms. The summed E-state index contributed by atoms with van der Waals surface area (Å²) in [6.45, 7) is 2.73. The van der Waals surface area contributed by atoms with Crippen LogP contribution in [-0.4, -0.2) is 24.6 Å². The summed E-state index contributed by atoms with van der Waals surface area (Å²) in [6.07, 6.45) is 0. The lowest BCUT2D eigenvalue weighted by Gasteiger charge is -2.11. The van der Waals surface area contributed by atoms with E-state index in [2.05, 4.69) is 10.3 Å². The first kappa shape index (κ1) is 18.2. The van der Waals surface area contributed by atoms with E-state index >= 15 is 0 Å². The number of methoxy groups -OCH3 is 1. The Kier molecular flexibility index (Phi) is 7.10. The minimum atomic E-state index is -0.279. The second-order valence-corrected chi connectivity index (χ2v) is 5.03. The Bertz CT molecular complexity index is 634. The number of halogens is 1. The van der Waals surface area contributed by atoms with Gasteiger partial charge in [0.25, 0.3) is 5.91 Å². The Labute approximate surface area is 139 Å². The molecule has 0 radical (unpaired) electrons. The molecule has 1 heterocycles. The lowest BCUT2D eigenvalue weighted by molar-refractivity contribution is 0.102. The maximum absolute atomic E-state index is 12.1. The molecular weight excluding hydrogens is 326 g/mol. The topological polar surface area (TPSA) is 86.5 Å². The molecule has 2 rings (SSSR count). The van der Waals surface area contributed by atoms with Gasteiger partial charge in [0.15, 0.2) is 11.5 Å². The molecule has 0 aliphatic carbocycles. The number of carbonyl (C=O) groups is 1. The molecule has 0 spiro atoms. The Hall–Kier alpha value is -1.83. The van der Waals surface area contributed by atoms with E-state index in [-0.39, 0.29) is 18.3 Å². The molecule has 1 aromatic carbocycles. The van der Waals surface area contributed by atoms with Crippen molar-refractivity contribution in [3.8, 4) is 11.5 Å². The number of carbonyl (C=O) groups excluding carboxylic acids is 1. The molecule has 0 unspecified atom stereocenters. The maximum Gasteiger partial charge on any atom is 0.275 e. The number of aromatic nitrogens is 1. The quantitative estimate of drug-likeness (QED) is 0.842. The van der Waals surface area contributed by atoms with Crippen molar-refractivity contribution in [2.75, 3.05) is 19.0 Å². The number of hydrogen-bond acceptors (Lipinski definition) is 6. The molecule has 1 amide bonds. The predicted octanol–water partition coefficient (Wildman–Crippen LogP) is 2.68. The number of thiazole rings is 1. The number of anilines is 1. The zero-order valence-electron chi connectivity index (χ0n) is 12.3. The molecule has 0 bridgehead atoms. The molecule has 120 valence electrons. The van der Waals surface area contributed by atoms with Crippen molar-refractivity contribution in [3.05, 3.63) is 34.3 Å². The van der Waals surface area contributed by atoms with Crippen LogP contribution < -0.4 is 20.5 Å². The van der Waals surface area contributed by atoms with Crippen LogP contribution in [0.4, 0.5) is 5.69 Å². The van der Waals surface area contributed by atoms with Gasteiger partial charge in [-0.05, 0) is 19.1 Å². The van der Waals surface area contributed by atoms with E-state index in [0.717, 1.165) is 5.01 Å². The van der Waals surface area contributed by atoms with Gasteiger partial charge in [0.05, 0.1) is 13.7 Å². The Morgan fingerprint density at radius 3 is 2.77 bits per heavy atom. The Balaban J connectivity index is 0.00000242. The number of ether oxygens (including phenoxy) is 2. The minimum Gasteiger partial charge on any atom is -0.493 e. The normalized spacial score (nSPS) is 9.77. The average Bonchev–Trinajstić information content (AvgIpc) is 2.97. The van der Waals surface area contributed by atoms with Crippen molar-refractivity contribution in [3.63, 3.8) is 0 Å². The molecule has 0 saturated carbocycles. The minimum absolute atomic E-state index is 0. The SMILES string of the molecule is CCOc1cc(NC(=O)c2csc(CN)n2)ccc1OC.Cl. The summed E-state index contributed by atoms with van der Waals surface area (Å²) in [7, 11) is 1.57. The largest absolute Gasteiger partial charge is 0.493 e. The van der Waals surface area contributed by atoms with Crippen LogP contribution in [0.2, 0.25) is 0 Å². The van der Waals surface area contributed by atoms with Crippen molar-refractivity contribution in [2.24, 2.45) is 5.73 Å². The molecule has 22 heavy (non-hydrogen) atoms. The number of nitrogens with one attached hydrogen (secondary N) is 1. The summed E-state index contributed by atoms with van der Waals surface area (Å²) in [5.41, 5.74) is 6.46. The Morgan fingerprint density at radius 1 is 1.41 bits per heavy atom. The van der Waals surface area contributed by atoms with Crippen LogP contribution in [0.25, 0.3) is 0 Å². The third-order valence-corrected chi connectivity index (χ3v) is 3.55. The molecule has 0 aliphatic rings. The summed E-state index contributed by atoms with van der Waals surface area (Å²) in [5, 5.41) is 5.19. The number of amides is 1. The number of benzene rings is 1. The first-order valence-corrected chi connectivity index (χ1v) is 7.32. The monoisotopic (exact) mass is 343 g/mol. The van der Waals surface area contributed by atoms with E-state index in [1.807, 2.05) is 6.92 Å². The van der Waals surface area contributed by atoms with Crippen molar-refractivity contribution in [2.45, 2.75) is 13.5 Å². The summed E-state index contributed by atoms with van der Waals surface area (Å²) < 4.78 is 10.7. The predicted molar refractivity (Wildman–Crippen MR) is 89.4 cm³/mol. The van der Waals surface area contributed by atoms with E-state index in [9.17, 15) is 4.79 Å². The van der Waals surface area contributed by atoms with Crippen molar-refractivity contribution in [1.82, 2.24) is 4.98 Å². The molecule has 2 aromatic rings. The number of nitrogens with two attached hydrogens (primary N) is 1. The first-order valence-electron chi connectivity index (χ1n) is 6.44. The fourth-order valence-electron chi connectivity index (χ4n) is 1.73. The smallest absolute Gasteiger partial charge is 0.275 e. The summed E-state index contributed by atoms with van der Waals surface area (Å²) in [5.74, 6) is 0.922. The van der Waals surface area contributed by atoms with Crippen molar-refractivity contribution in [1.29, 1.82) is 0 Å². The zero-order valence-corrected chi connectivity index (χ0v) is 13.9. The Morgan fingerprint density at radius 2 is 2.18 bits per heavy atom. The summed E-state index contributed by atoms with van der Waals surface area (Å²) in [4.78, 5) is 16.2. The van der Waals surface area contributed by atoms with Crippen LogP contribution in [0.15, 0.2) is 23.6 Å². The van der Waals surface area contributed by atoms with Crippen LogP contribution in [0, 0.1) is 0 Å². The number of rotatable bonds is 6. The van der Waals surface area contributed by atoms with Crippen molar-refractivity contribution < 1.29 is 14.3 Å². The van der Waals surface area contributed by atoms with Crippen LogP contribution >= 0.6 is 23.7 Å². The molecule has 0 aliphatic heterocycles. The van der Waals surface area contributed by atoms with E-state index in [4.69, 9.17) is 15.2 Å². The van der Waals surface area contributed by atoms with Gasteiger partial charge in [-0.2, -0.15) is 0 Å². The van der Waals surface area contributed by atoms with Crippen LogP contribution in [-0.2, 0) is 6.54 Å². The highest BCUT2D eigenvalue weighted by molar-refractivity contribution is 7.09. The first-order chi connectivity index (χ1) is 10.2. The van der Waals surface area contributed by atoms with Gasteiger partial charge in [0.2, 0.25) is 0 Å². The van der Waals surface area contributed by atoms with Crippen molar-refractivity contribution >= 4 is 35.3 Å². The highest BCUT2D eigenvalue weighted by Gasteiger charge is 2.12. The van der Waals surface area contributed by atoms with Gasteiger partial charge in [0.1, 0.15) is 10.7 Å². The highest BCUT2D eigenvalue weighted by atomic mass is 35.5. The number of nitrogens with zero attached hydrogens (tertiary/aromatic N) is 1. The third kappa shape index (κ3) is 4.33. The van der Waals surface area contributed by atoms with E-state index < -0.39 is 0 Å². The van der Waals surface area contributed by atoms with Crippen LogP contribution in [0.1, 0.15) is 22.4 Å². The molecule has 0 atom stereocenters. The summed E-state index contributed by atoms with van der Waals surface area (Å²) in [6, 6.07) is 5.21. The average molecular weight is 344 g/mol. The molecular formula is C14H18ClN3O3S. The third-order valence-electron chi connectivity index (χ3n) is 2.68.